The van der Waals surface area contributed by atoms with Crippen molar-refractivity contribution >= 4 is 35.2 Å². The summed E-state index contributed by atoms with van der Waals surface area (Å²) in [7, 11) is 0. The molecule has 0 N–H and O–H groups in total. The highest BCUT2D eigenvalue weighted by atomic mass is 32.2. The van der Waals surface area contributed by atoms with E-state index in [9.17, 15) is 9.59 Å². The van der Waals surface area contributed by atoms with Gasteiger partial charge in [0.05, 0.1) is 14.8 Å². The number of thioether (sulfide) groups is 1. The first-order valence-electron chi connectivity index (χ1n) is 3.06. The second kappa shape index (κ2) is 2.46. The number of carbonyl (C=O) groups is 2. The summed E-state index contributed by atoms with van der Waals surface area (Å²) in [6.07, 6.45) is 0.789. The van der Waals surface area contributed by atoms with Crippen molar-refractivity contribution in [2.45, 2.75) is 4.21 Å². The minimum atomic E-state index is 0.148. The molecule has 1 aliphatic rings. The van der Waals surface area contributed by atoms with E-state index in [1.807, 2.05) is 0 Å². The van der Waals surface area contributed by atoms with Crippen LogP contribution in [0.2, 0.25) is 0 Å². The zero-order valence-electron chi connectivity index (χ0n) is 5.49. The Morgan fingerprint density at radius 1 is 1.55 bits per heavy atom. The SMILES string of the molecule is O=Cc1cc2c(s1)SCC2=O. The van der Waals surface area contributed by atoms with Crippen LogP contribution < -0.4 is 0 Å². The molecule has 0 atom stereocenters. The van der Waals surface area contributed by atoms with Gasteiger partial charge in [0.2, 0.25) is 0 Å². The molecule has 0 spiro atoms. The van der Waals surface area contributed by atoms with Gasteiger partial charge in [-0.15, -0.1) is 23.1 Å². The molecule has 0 aromatic carbocycles. The van der Waals surface area contributed by atoms with Crippen LogP contribution in [0.4, 0.5) is 0 Å². The Hall–Kier alpha value is -0.610. The molecule has 0 fully saturated rings. The van der Waals surface area contributed by atoms with Gasteiger partial charge in [-0.3, -0.25) is 9.59 Å². The summed E-state index contributed by atoms with van der Waals surface area (Å²) in [6.45, 7) is 0. The number of hydrogen-bond donors (Lipinski definition) is 0. The fourth-order valence-corrected chi connectivity index (χ4v) is 3.13. The van der Waals surface area contributed by atoms with Crippen molar-refractivity contribution in [1.82, 2.24) is 0 Å². The maximum Gasteiger partial charge on any atom is 0.175 e. The molecule has 0 amide bonds. The lowest BCUT2D eigenvalue weighted by molar-refractivity contribution is 0.102. The molecule has 0 unspecified atom stereocenters. The Morgan fingerprint density at radius 3 is 3.00 bits per heavy atom. The van der Waals surface area contributed by atoms with Crippen LogP contribution in [-0.4, -0.2) is 17.8 Å². The molecule has 0 bridgehead atoms. The highest BCUT2D eigenvalue weighted by Gasteiger charge is 2.22. The number of hydrogen-bond acceptors (Lipinski definition) is 4. The molecule has 2 rings (SSSR count). The lowest BCUT2D eigenvalue weighted by Crippen LogP contribution is -1.92. The number of fused-ring (bicyclic) bond motifs is 1. The number of carbonyl (C=O) groups excluding carboxylic acids is 2. The molecule has 4 heteroatoms. The largest absolute Gasteiger partial charge is 0.297 e. The van der Waals surface area contributed by atoms with Crippen molar-refractivity contribution in [3.63, 3.8) is 0 Å². The number of ketones is 1. The summed E-state index contributed by atoms with van der Waals surface area (Å²) < 4.78 is 0.997. The summed E-state index contributed by atoms with van der Waals surface area (Å²) >= 11 is 2.92. The van der Waals surface area contributed by atoms with Crippen LogP contribution in [0.1, 0.15) is 20.0 Å². The van der Waals surface area contributed by atoms with E-state index in [1.54, 1.807) is 6.07 Å². The molecule has 0 aliphatic carbocycles. The average Bonchev–Trinajstić information content (AvgIpc) is 2.53. The van der Waals surface area contributed by atoms with Gasteiger partial charge >= 0.3 is 0 Å². The van der Waals surface area contributed by atoms with E-state index in [4.69, 9.17) is 0 Å². The highest BCUT2D eigenvalue weighted by Crippen LogP contribution is 2.37. The first-order valence-corrected chi connectivity index (χ1v) is 4.86. The van der Waals surface area contributed by atoms with Gasteiger partial charge in [0.25, 0.3) is 0 Å². The smallest absolute Gasteiger partial charge is 0.175 e. The quantitative estimate of drug-likeness (QED) is 0.625. The number of rotatable bonds is 1. The van der Waals surface area contributed by atoms with Gasteiger partial charge in [-0.05, 0) is 6.07 Å². The summed E-state index contributed by atoms with van der Waals surface area (Å²) in [6, 6.07) is 1.68. The van der Waals surface area contributed by atoms with E-state index < -0.39 is 0 Å². The molecule has 11 heavy (non-hydrogen) atoms. The summed E-state index contributed by atoms with van der Waals surface area (Å²) in [5.41, 5.74) is 0.738. The van der Waals surface area contributed by atoms with E-state index in [-0.39, 0.29) is 5.78 Å². The molecule has 56 valence electrons. The second-order valence-corrected chi connectivity index (χ2v) is 4.51. The standard InChI is InChI=1S/C7H4O2S2/c8-2-4-1-5-6(9)3-10-7(5)11-4/h1-2H,3H2. The van der Waals surface area contributed by atoms with Crippen molar-refractivity contribution < 1.29 is 9.59 Å². The highest BCUT2D eigenvalue weighted by molar-refractivity contribution is 8.02. The Kier molecular flexibility index (Phi) is 1.58. The number of thiophene rings is 1. The van der Waals surface area contributed by atoms with Crippen molar-refractivity contribution in [3.05, 3.63) is 16.5 Å². The van der Waals surface area contributed by atoms with E-state index in [1.165, 1.54) is 23.1 Å². The van der Waals surface area contributed by atoms with Crippen LogP contribution in [0.15, 0.2) is 10.3 Å². The fraction of sp³-hybridized carbons (Fsp3) is 0.143. The zero-order valence-corrected chi connectivity index (χ0v) is 7.13. The van der Waals surface area contributed by atoms with Crippen LogP contribution in [0.25, 0.3) is 0 Å². The maximum atomic E-state index is 11.1. The normalized spacial score (nSPS) is 15.1. The minimum absolute atomic E-state index is 0.148. The van der Waals surface area contributed by atoms with Crippen molar-refractivity contribution in [2.75, 3.05) is 5.75 Å². The van der Waals surface area contributed by atoms with Crippen LogP contribution in [-0.2, 0) is 0 Å². The zero-order chi connectivity index (χ0) is 7.84. The first-order chi connectivity index (χ1) is 5.31. The Bertz CT molecular complexity index is 327. The van der Waals surface area contributed by atoms with E-state index >= 15 is 0 Å². The van der Waals surface area contributed by atoms with E-state index in [2.05, 4.69) is 0 Å². The van der Waals surface area contributed by atoms with Crippen LogP contribution in [0.3, 0.4) is 0 Å². The van der Waals surface area contributed by atoms with Crippen LogP contribution in [0, 0.1) is 0 Å². The average molecular weight is 184 g/mol. The third-order valence-electron chi connectivity index (χ3n) is 1.47. The Labute approximate surface area is 71.6 Å². The predicted molar refractivity (Wildman–Crippen MR) is 44.8 cm³/mol. The molecule has 1 aliphatic heterocycles. The van der Waals surface area contributed by atoms with Gasteiger partial charge in [-0.25, -0.2) is 0 Å². The lowest BCUT2D eigenvalue weighted by atomic mass is 10.2. The fourth-order valence-electron chi connectivity index (χ4n) is 0.961. The van der Waals surface area contributed by atoms with E-state index in [0.29, 0.717) is 10.6 Å². The summed E-state index contributed by atoms with van der Waals surface area (Å²) in [5.74, 6) is 0.690. The molecule has 1 aromatic rings. The van der Waals surface area contributed by atoms with Crippen LogP contribution >= 0.6 is 23.1 Å². The molecule has 0 saturated heterocycles. The van der Waals surface area contributed by atoms with Crippen molar-refractivity contribution in [3.8, 4) is 0 Å². The maximum absolute atomic E-state index is 11.1. The Balaban J connectivity index is 2.54. The molecule has 2 heterocycles. The number of aldehydes is 1. The Morgan fingerprint density at radius 2 is 2.36 bits per heavy atom. The molecule has 2 nitrogen and oxygen atoms in total. The van der Waals surface area contributed by atoms with Gasteiger partial charge < -0.3 is 0 Å². The minimum Gasteiger partial charge on any atom is -0.297 e. The third-order valence-corrected chi connectivity index (χ3v) is 3.82. The van der Waals surface area contributed by atoms with Gasteiger partial charge in [-0.2, -0.15) is 0 Å². The number of Topliss-reactive ketones (excluding diaryl/α,β-unsaturated/α-hetero) is 1. The molecule has 0 radical (unpaired) electrons. The van der Waals surface area contributed by atoms with Crippen LogP contribution in [0.5, 0.6) is 0 Å². The second-order valence-electron chi connectivity index (χ2n) is 2.18. The predicted octanol–water partition coefficient (Wildman–Crippen LogP) is 1.85. The van der Waals surface area contributed by atoms with E-state index in [0.717, 1.165) is 16.1 Å². The van der Waals surface area contributed by atoms with Crippen molar-refractivity contribution in [2.24, 2.45) is 0 Å². The van der Waals surface area contributed by atoms with Crippen molar-refractivity contribution in [1.29, 1.82) is 0 Å². The molecule has 0 saturated carbocycles. The molecular formula is C7H4O2S2. The molecule has 1 aromatic heterocycles. The van der Waals surface area contributed by atoms with Gasteiger partial charge in [0.1, 0.15) is 0 Å². The monoisotopic (exact) mass is 184 g/mol. The van der Waals surface area contributed by atoms with Gasteiger partial charge in [0.15, 0.2) is 12.1 Å². The summed E-state index contributed by atoms with van der Waals surface area (Å²) in [5, 5.41) is 0. The first kappa shape index (κ1) is 7.06. The summed E-state index contributed by atoms with van der Waals surface area (Å²) in [4.78, 5) is 22.0. The molecular weight excluding hydrogens is 180 g/mol. The topological polar surface area (TPSA) is 34.1 Å². The van der Waals surface area contributed by atoms with Gasteiger partial charge in [-0.1, -0.05) is 0 Å². The van der Waals surface area contributed by atoms with Gasteiger partial charge in [0, 0.05) is 5.56 Å². The lowest BCUT2D eigenvalue weighted by Gasteiger charge is -1.80. The third kappa shape index (κ3) is 1.02.